The van der Waals surface area contributed by atoms with Crippen molar-refractivity contribution < 1.29 is 14.8 Å². The molecule has 0 saturated heterocycles. The van der Waals surface area contributed by atoms with Crippen LogP contribution in [0.2, 0.25) is 0 Å². The SMILES string of the molecule is N#Cc1cc(C=CC(=O)O)cc([N+](=O)[O-])c1. The van der Waals surface area contributed by atoms with Crippen molar-refractivity contribution in [2.24, 2.45) is 0 Å². The van der Waals surface area contributed by atoms with Gasteiger partial charge < -0.3 is 5.11 Å². The Morgan fingerprint density at radius 2 is 2.19 bits per heavy atom. The van der Waals surface area contributed by atoms with E-state index in [0.29, 0.717) is 5.56 Å². The van der Waals surface area contributed by atoms with Gasteiger partial charge in [0.2, 0.25) is 0 Å². The molecule has 0 fully saturated rings. The second kappa shape index (κ2) is 4.70. The summed E-state index contributed by atoms with van der Waals surface area (Å²) in [5.74, 6) is -1.16. The van der Waals surface area contributed by atoms with Crippen molar-refractivity contribution in [2.45, 2.75) is 0 Å². The number of carboxylic acids is 1. The lowest BCUT2D eigenvalue weighted by Gasteiger charge is -1.95. The number of non-ortho nitro benzene ring substituents is 1. The lowest BCUT2D eigenvalue weighted by molar-refractivity contribution is -0.384. The standard InChI is InChI=1S/C10H6N2O4/c11-6-8-3-7(1-2-10(13)14)4-9(5-8)12(15)16/h1-5H,(H,13,14). The fraction of sp³-hybridized carbons (Fsp3) is 0. The smallest absolute Gasteiger partial charge is 0.328 e. The second-order valence-corrected chi connectivity index (χ2v) is 2.85. The molecule has 6 nitrogen and oxygen atoms in total. The van der Waals surface area contributed by atoms with E-state index < -0.39 is 10.9 Å². The minimum Gasteiger partial charge on any atom is -0.478 e. The van der Waals surface area contributed by atoms with Crippen LogP contribution in [0.5, 0.6) is 0 Å². The monoisotopic (exact) mass is 218 g/mol. The number of benzene rings is 1. The first-order valence-corrected chi connectivity index (χ1v) is 4.13. The highest BCUT2D eigenvalue weighted by atomic mass is 16.6. The molecule has 0 aliphatic rings. The van der Waals surface area contributed by atoms with E-state index in [-0.39, 0.29) is 11.3 Å². The van der Waals surface area contributed by atoms with E-state index in [1.807, 2.05) is 0 Å². The second-order valence-electron chi connectivity index (χ2n) is 2.85. The number of hydrogen-bond acceptors (Lipinski definition) is 4. The highest BCUT2D eigenvalue weighted by Crippen LogP contribution is 2.17. The highest BCUT2D eigenvalue weighted by molar-refractivity contribution is 5.85. The lowest BCUT2D eigenvalue weighted by atomic mass is 10.1. The molecule has 0 heterocycles. The van der Waals surface area contributed by atoms with Gasteiger partial charge >= 0.3 is 5.97 Å². The van der Waals surface area contributed by atoms with Crippen LogP contribution in [0.3, 0.4) is 0 Å². The van der Waals surface area contributed by atoms with Crippen molar-refractivity contribution in [3.8, 4) is 6.07 Å². The third-order valence-electron chi connectivity index (χ3n) is 1.70. The zero-order valence-electron chi connectivity index (χ0n) is 7.95. The minimum absolute atomic E-state index is 0.110. The first-order chi connectivity index (χ1) is 7.52. The number of nitro benzene ring substituents is 1. The van der Waals surface area contributed by atoms with Crippen LogP contribution in [0.15, 0.2) is 24.3 Å². The summed E-state index contributed by atoms with van der Waals surface area (Å²) in [7, 11) is 0. The van der Waals surface area contributed by atoms with Crippen molar-refractivity contribution in [2.75, 3.05) is 0 Å². The molecule has 0 bridgehead atoms. The summed E-state index contributed by atoms with van der Waals surface area (Å²) in [5.41, 5.74) is 0.163. The molecule has 1 aromatic carbocycles. The summed E-state index contributed by atoms with van der Waals surface area (Å²) in [6.45, 7) is 0. The van der Waals surface area contributed by atoms with E-state index in [2.05, 4.69) is 0 Å². The number of nitrogens with zero attached hydrogens (tertiary/aromatic N) is 2. The van der Waals surface area contributed by atoms with Crippen LogP contribution < -0.4 is 0 Å². The molecular formula is C10H6N2O4. The maximum absolute atomic E-state index is 10.5. The fourth-order valence-corrected chi connectivity index (χ4v) is 1.07. The fourth-order valence-electron chi connectivity index (χ4n) is 1.07. The van der Waals surface area contributed by atoms with Crippen LogP contribution in [0, 0.1) is 21.4 Å². The van der Waals surface area contributed by atoms with Gasteiger partial charge in [0.25, 0.3) is 5.69 Å². The topological polar surface area (TPSA) is 104 Å². The molecular weight excluding hydrogens is 212 g/mol. The average Bonchev–Trinajstić information content (AvgIpc) is 2.25. The van der Waals surface area contributed by atoms with E-state index in [1.165, 1.54) is 18.2 Å². The molecule has 1 N–H and O–H groups in total. The third kappa shape index (κ3) is 2.92. The van der Waals surface area contributed by atoms with Crippen molar-refractivity contribution in [1.29, 1.82) is 5.26 Å². The van der Waals surface area contributed by atoms with Crippen LogP contribution >= 0.6 is 0 Å². The maximum Gasteiger partial charge on any atom is 0.328 e. The number of carbonyl (C=O) groups is 1. The zero-order valence-corrected chi connectivity index (χ0v) is 7.95. The maximum atomic E-state index is 10.5. The Hall–Kier alpha value is -2.68. The third-order valence-corrected chi connectivity index (χ3v) is 1.70. The molecule has 6 heteroatoms. The van der Waals surface area contributed by atoms with E-state index in [9.17, 15) is 14.9 Å². The van der Waals surface area contributed by atoms with Gasteiger partial charge in [0, 0.05) is 18.2 Å². The predicted octanol–water partition coefficient (Wildman–Crippen LogP) is 1.56. The van der Waals surface area contributed by atoms with Crippen molar-refractivity contribution in [3.05, 3.63) is 45.5 Å². The normalized spacial score (nSPS) is 9.94. The molecule has 0 aliphatic carbocycles. The van der Waals surface area contributed by atoms with Crippen molar-refractivity contribution in [1.82, 2.24) is 0 Å². The summed E-state index contributed by atoms with van der Waals surface area (Å²) in [6.07, 6.45) is 2.04. The number of rotatable bonds is 3. The number of nitriles is 1. The van der Waals surface area contributed by atoms with Gasteiger partial charge in [-0.2, -0.15) is 5.26 Å². The van der Waals surface area contributed by atoms with Gasteiger partial charge in [-0.3, -0.25) is 10.1 Å². The summed E-state index contributed by atoms with van der Waals surface area (Å²) in [4.78, 5) is 20.1. The van der Waals surface area contributed by atoms with Crippen LogP contribution in [-0.2, 0) is 4.79 Å². The molecule has 0 aliphatic heterocycles. The van der Waals surface area contributed by atoms with Gasteiger partial charge in [-0.1, -0.05) is 0 Å². The van der Waals surface area contributed by atoms with Gasteiger partial charge in [0.05, 0.1) is 16.6 Å². The van der Waals surface area contributed by atoms with E-state index in [0.717, 1.165) is 12.1 Å². The van der Waals surface area contributed by atoms with Gasteiger partial charge in [0.15, 0.2) is 0 Å². The molecule has 0 amide bonds. The molecule has 1 rings (SSSR count). The highest BCUT2D eigenvalue weighted by Gasteiger charge is 2.08. The largest absolute Gasteiger partial charge is 0.478 e. The molecule has 0 unspecified atom stereocenters. The molecule has 0 atom stereocenters. The Morgan fingerprint density at radius 1 is 1.50 bits per heavy atom. The van der Waals surface area contributed by atoms with Gasteiger partial charge in [0.1, 0.15) is 0 Å². The van der Waals surface area contributed by atoms with Crippen LogP contribution in [0.4, 0.5) is 5.69 Å². The average molecular weight is 218 g/mol. The number of carboxylic acid groups (broad SMARTS) is 1. The van der Waals surface area contributed by atoms with Crippen molar-refractivity contribution >= 4 is 17.7 Å². The zero-order chi connectivity index (χ0) is 12.1. The Labute approximate surface area is 90.2 Å². The quantitative estimate of drug-likeness (QED) is 0.471. The Kier molecular flexibility index (Phi) is 3.35. The molecule has 0 saturated carbocycles. The number of hydrogen-bond donors (Lipinski definition) is 1. The molecule has 1 aromatic rings. The van der Waals surface area contributed by atoms with Crippen LogP contribution in [0.1, 0.15) is 11.1 Å². The number of nitro groups is 1. The van der Waals surface area contributed by atoms with Gasteiger partial charge in [-0.25, -0.2) is 4.79 Å². The molecule has 16 heavy (non-hydrogen) atoms. The predicted molar refractivity (Wildman–Crippen MR) is 54.5 cm³/mol. The van der Waals surface area contributed by atoms with E-state index in [1.54, 1.807) is 6.07 Å². The molecule has 0 radical (unpaired) electrons. The van der Waals surface area contributed by atoms with Crippen molar-refractivity contribution in [3.63, 3.8) is 0 Å². The van der Waals surface area contributed by atoms with Gasteiger partial charge in [-0.15, -0.1) is 0 Å². The summed E-state index contributed by atoms with van der Waals surface area (Å²) in [6, 6.07) is 5.45. The Bertz CT molecular complexity index is 514. The molecule has 0 spiro atoms. The van der Waals surface area contributed by atoms with Crippen LogP contribution in [-0.4, -0.2) is 16.0 Å². The summed E-state index contributed by atoms with van der Waals surface area (Å²) >= 11 is 0. The Morgan fingerprint density at radius 3 is 2.69 bits per heavy atom. The number of aliphatic carboxylic acids is 1. The summed E-state index contributed by atoms with van der Waals surface area (Å²) in [5, 5.41) is 27.5. The Balaban J connectivity index is 3.20. The first-order valence-electron chi connectivity index (χ1n) is 4.13. The first kappa shape index (κ1) is 11.4. The van der Waals surface area contributed by atoms with E-state index >= 15 is 0 Å². The minimum atomic E-state index is -1.16. The summed E-state index contributed by atoms with van der Waals surface area (Å²) < 4.78 is 0. The van der Waals surface area contributed by atoms with E-state index in [4.69, 9.17) is 10.4 Å². The molecule has 80 valence electrons. The molecule has 0 aromatic heterocycles. The lowest BCUT2D eigenvalue weighted by Crippen LogP contribution is -1.91. The van der Waals surface area contributed by atoms with Gasteiger partial charge in [-0.05, 0) is 17.7 Å². The van der Waals surface area contributed by atoms with Crippen LogP contribution in [0.25, 0.3) is 6.08 Å².